The van der Waals surface area contributed by atoms with Gasteiger partial charge in [0.1, 0.15) is 12.0 Å². The lowest BCUT2D eigenvalue weighted by atomic mass is 10.1. The van der Waals surface area contributed by atoms with Gasteiger partial charge in [0.25, 0.3) is 11.7 Å². The zero-order valence-electron chi connectivity index (χ0n) is 16.1. The van der Waals surface area contributed by atoms with Gasteiger partial charge in [-0.2, -0.15) is 19.7 Å². The van der Waals surface area contributed by atoms with Crippen molar-refractivity contribution in [2.45, 2.75) is 20.4 Å². The Morgan fingerprint density at radius 1 is 1.21 bits per heavy atom. The third-order valence-corrected chi connectivity index (χ3v) is 4.90. The minimum absolute atomic E-state index is 0.210. The summed E-state index contributed by atoms with van der Waals surface area (Å²) in [5.41, 5.74) is 2.94. The Bertz CT molecular complexity index is 1150. The number of benzene rings is 1. The summed E-state index contributed by atoms with van der Waals surface area (Å²) in [5, 5.41) is 12.0. The fourth-order valence-electron chi connectivity index (χ4n) is 3.05. The van der Waals surface area contributed by atoms with Gasteiger partial charge in [-0.05, 0) is 37.1 Å². The van der Waals surface area contributed by atoms with Crippen LogP contribution in [-0.2, 0) is 6.54 Å². The summed E-state index contributed by atoms with van der Waals surface area (Å²) in [6.07, 6.45) is 3.16. The summed E-state index contributed by atoms with van der Waals surface area (Å²) < 4.78 is 3.37. The minimum Gasteiger partial charge on any atom is -0.350 e. The summed E-state index contributed by atoms with van der Waals surface area (Å²) in [4.78, 5) is 21.5. The SMILES string of the molecule is Cc1ccnn1C[C@H](C)CNC(=O)c1cc(-c2ccc(Cl)cc2)nc2ncnn12. The van der Waals surface area contributed by atoms with Crippen molar-refractivity contribution in [1.29, 1.82) is 0 Å². The molecule has 0 saturated carbocycles. The number of aromatic nitrogens is 6. The van der Waals surface area contributed by atoms with E-state index in [2.05, 4.69) is 32.4 Å². The molecular formula is C20H20ClN7O. The molecule has 8 nitrogen and oxygen atoms in total. The predicted octanol–water partition coefficient (Wildman–Crippen LogP) is 3.02. The standard InChI is InChI=1S/C20H20ClN7O/c1-13(11-27-14(2)7-8-24-27)10-22-19(29)18-9-17(15-3-5-16(21)6-4-15)26-20-23-12-25-28(18)20/h3-9,12-13H,10-11H2,1-2H3,(H,22,29)/t13-/m1/s1. The van der Waals surface area contributed by atoms with Gasteiger partial charge in [0.2, 0.25) is 0 Å². The molecule has 0 saturated heterocycles. The Kier molecular flexibility index (Phi) is 5.26. The van der Waals surface area contributed by atoms with Crippen LogP contribution >= 0.6 is 11.6 Å². The van der Waals surface area contributed by atoms with E-state index in [1.54, 1.807) is 24.4 Å². The molecule has 0 spiro atoms. The number of nitrogens with one attached hydrogen (secondary N) is 1. The van der Waals surface area contributed by atoms with E-state index < -0.39 is 0 Å². The third-order valence-electron chi connectivity index (χ3n) is 4.65. The summed E-state index contributed by atoms with van der Waals surface area (Å²) in [6.45, 7) is 5.31. The molecule has 0 radical (unpaired) electrons. The van der Waals surface area contributed by atoms with Crippen molar-refractivity contribution in [2.75, 3.05) is 6.54 Å². The molecule has 4 rings (SSSR count). The molecule has 3 aromatic heterocycles. The molecule has 0 aliphatic heterocycles. The number of amides is 1. The van der Waals surface area contributed by atoms with E-state index in [-0.39, 0.29) is 11.8 Å². The number of hydrogen-bond donors (Lipinski definition) is 1. The maximum atomic E-state index is 12.9. The number of rotatable bonds is 6. The molecule has 29 heavy (non-hydrogen) atoms. The number of hydrogen-bond acceptors (Lipinski definition) is 5. The number of aryl methyl sites for hydroxylation is 1. The monoisotopic (exact) mass is 409 g/mol. The maximum absolute atomic E-state index is 12.9. The van der Waals surface area contributed by atoms with Crippen molar-refractivity contribution in [2.24, 2.45) is 5.92 Å². The van der Waals surface area contributed by atoms with Gasteiger partial charge in [-0.1, -0.05) is 30.7 Å². The molecule has 0 aliphatic carbocycles. The molecule has 0 fully saturated rings. The van der Waals surface area contributed by atoms with Gasteiger partial charge in [-0.3, -0.25) is 9.48 Å². The molecule has 3 heterocycles. The van der Waals surface area contributed by atoms with Crippen LogP contribution in [0.15, 0.2) is 48.9 Å². The second-order valence-electron chi connectivity index (χ2n) is 6.98. The number of carbonyl (C=O) groups is 1. The second-order valence-corrected chi connectivity index (χ2v) is 7.41. The summed E-state index contributed by atoms with van der Waals surface area (Å²) in [5.74, 6) is 0.339. The first-order valence-electron chi connectivity index (χ1n) is 9.24. The normalized spacial score (nSPS) is 12.2. The lowest BCUT2D eigenvalue weighted by molar-refractivity contribution is 0.0939. The van der Waals surface area contributed by atoms with Gasteiger partial charge in [-0.15, -0.1) is 0 Å². The highest BCUT2D eigenvalue weighted by molar-refractivity contribution is 6.30. The Morgan fingerprint density at radius 3 is 2.72 bits per heavy atom. The average Bonchev–Trinajstić information content (AvgIpc) is 3.35. The van der Waals surface area contributed by atoms with Crippen molar-refractivity contribution in [1.82, 2.24) is 34.7 Å². The zero-order valence-corrected chi connectivity index (χ0v) is 16.8. The van der Waals surface area contributed by atoms with Crippen LogP contribution in [0.5, 0.6) is 0 Å². The van der Waals surface area contributed by atoms with Crippen LogP contribution in [0.4, 0.5) is 0 Å². The van der Waals surface area contributed by atoms with Crippen molar-refractivity contribution in [3.05, 3.63) is 65.3 Å². The fraction of sp³-hybridized carbons (Fsp3) is 0.250. The van der Waals surface area contributed by atoms with Crippen LogP contribution in [0.3, 0.4) is 0 Å². The number of carbonyl (C=O) groups excluding carboxylic acids is 1. The van der Waals surface area contributed by atoms with Crippen LogP contribution < -0.4 is 5.32 Å². The van der Waals surface area contributed by atoms with E-state index in [0.717, 1.165) is 17.8 Å². The number of nitrogens with zero attached hydrogens (tertiary/aromatic N) is 6. The van der Waals surface area contributed by atoms with Crippen LogP contribution in [-0.4, -0.2) is 41.8 Å². The summed E-state index contributed by atoms with van der Waals surface area (Å²) in [6, 6.07) is 10.9. The van der Waals surface area contributed by atoms with Crippen LogP contribution in [0, 0.1) is 12.8 Å². The van der Waals surface area contributed by atoms with Gasteiger partial charge >= 0.3 is 0 Å². The molecule has 9 heteroatoms. The molecular weight excluding hydrogens is 390 g/mol. The molecule has 0 bridgehead atoms. The molecule has 0 aliphatic rings. The Morgan fingerprint density at radius 2 is 2.00 bits per heavy atom. The molecule has 1 N–H and O–H groups in total. The Labute approximate surface area is 172 Å². The number of halogens is 1. The van der Waals surface area contributed by atoms with E-state index in [9.17, 15) is 4.79 Å². The van der Waals surface area contributed by atoms with E-state index in [0.29, 0.717) is 28.7 Å². The van der Waals surface area contributed by atoms with Crippen LogP contribution in [0.25, 0.3) is 17.0 Å². The van der Waals surface area contributed by atoms with Crippen molar-refractivity contribution >= 4 is 23.3 Å². The van der Waals surface area contributed by atoms with Gasteiger partial charge in [0, 0.05) is 35.6 Å². The third kappa shape index (κ3) is 4.12. The highest BCUT2D eigenvalue weighted by atomic mass is 35.5. The molecule has 1 amide bonds. The lowest BCUT2D eigenvalue weighted by Gasteiger charge is -2.14. The second kappa shape index (κ2) is 8.00. The molecule has 1 atom stereocenters. The fourth-order valence-corrected chi connectivity index (χ4v) is 3.18. The molecule has 148 valence electrons. The van der Waals surface area contributed by atoms with Gasteiger partial charge in [0.15, 0.2) is 0 Å². The summed E-state index contributed by atoms with van der Waals surface area (Å²) in [7, 11) is 0. The average molecular weight is 410 g/mol. The van der Waals surface area contributed by atoms with Gasteiger partial charge in [0.05, 0.1) is 5.69 Å². The Hall–Kier alpha value is -3.26. The van der Waals surface area contributed by atoms with E-state index >= 15 is 0 Å². The highest BCUT2D eigenvalue weighted by Gasteiger charge is 2.16. The highest BCUT2D eigenvalue weighted by Crippen LogP contribution is 2.21. The molecule has 4 aromatic rings. The van der Waals surface area contributed by atoms with Crippen molar-refractivity contribution < 1.29 is 4.79 Å². The topological polar surface area (TPSA) is 90.0 Å². The minimum atomic E-state index is -0.234. The van der Waals surface area contributed by atoms with Gasteiger partial charge in [-0.25, -0.2) is 4.98 Å². The smallest absolute Gasteiger partial charge is 0.270 e. The first-order chi connectivity index (χ1) is 14.0. The van der Waals surface area contributed by atoms with Gasteiger partial charge < -0.3 is 5.32 Å². The molecule has 1 aromatic carbocycles. The quantitative estimate of drug-likeness (QED) is 0.528. The van der Waals surface area contributed by atoms with E-state index in [4.69, 9.17) is 11.6 Å². The lowest BCUT2D eigenvalue weighted by Crippen LogP contribution is -2.31. The van der Waals surface area contributed by atoms with Crippen LogP contribution in [0.2, 0.25) is 5.02 Å². The first kappa shape index (κ1) is 19.1. The first-order valence-corrected chi connectivity index (χ1v) is 9.62. The van der Waals surface area contributed by atoms with Crippen LogP contribution in [0.1, 0.15) is 23.1 Å². The van der Waals surface area contributed by atoms with E-state index in [1.165, 1.54) is 10.8 Å². The largest absolute Gasteiger partial charge is 0.350 e. The van der Waals surface area contributed by atoms with E-state index in [1.807, 2.05) is 29.8 Å². The number of fused-ring (bicyclic) bond motifs is 1. The molecule has 0 unspecified atom stereocenters. The van der Waals surface area contributed by atoms with Crippen molar-refractivity contribution in [3.63, 3.8) is 0 Å². The Balaban J connectivity index is 1.54. The summed E-state index contributed by atoms with van der Waals surface area (Å²) >= 11 is 5.97. The maximum Gasteiger partial charge on any atom is 0.270 e. The zero-order chi connectivity index (χ0) is 20.4. The van der Waals surface area contributed by atoms with Crippen molar-refractivity contribution in [3.8, 4) is 11.3 Å². The predicted molar refractivity (Wildman–Crippen MR) is 110 cm³/mol.